The minimum absolute atomic E-state index is 0.134. The van der Waals surface area contributed by atoms with Crippen LogP contribution in [0.5, 0.6) is 0 Å². The van der Waals surface area contributed by atoms with Gasteiger partial charge in [-0.2, -0.15) is 0 Å². The molecule has 0 spiro atoms. The Bertz CT molecular complexity index is 922. The molecule has 7 aliphatic rings. The smallest absolute Gasteiger partial charge is 0.257 e. The molecule has 0 aromatic carbocycles. The predicted octanol–water partition coefficient (Wildman–Crippen LogP) is 5.02. The van der Waals surface area contributed by atoms with Crippen LogP contribution in [-0.4, -0.2) is 29.3 Å². The van der Waals surface area contributed by atoms with E-state index >= 15 is 0 Å². The average Bonchev–Trinajstić information content (AvgIpc) is 3.52. The van der Waals surface area contributed by atoms with Crippen molar-refractivity contribution in [2.24, 2.45) is 29.1 Å². The fourth-order valence-electron chi connectivity index (χ4n) is 8.59. The highest BCUT2D eigenvalue weighted by molar-refractivity contribution is 7.17. The van der Waals surface area contributed by atoms with Crippen molar-refractivity contribution in [3.05, 3.63) is 16.0 Å². The van der Waals surface area contributed by atoms with Gasteiger partial charge < -0.3 is 10.2 Å². The SMILES string of the molecule is O=C(c1c(NC(=O)C23CC4CC(CC2C4)C3)sc2c1CCCC2)N1CC2CCC1C2. The minimum atomic E-state index is -0.134. The maximum Gasteiger partial charge on any atom is 0.257 e. The van der Waals surface area contributed by atoms with Crippen LogP contribution in [0.1, 0.15) is 85.0 Å². The van der Waals surface area contributed by atoms with Gasteiger partial charge in [-0.15, -0.1) is 11.3 Å². The van der Waals surface area contributed by atoms with Crippen LogP contribution >= 0.6 is 11.3 Å². The third kappa shape index (κ3) is 2.44. The lowest BCUT2D eigenvalue weighted by molar-refractivity contribution is -0.127. The molecule has 8 rings (SSSR count). The van der Waals surface area contributed by atoms with Gasteiger partial charge in [0, 0.05) is 17.5 Å². The van der Waals surface area contributed by atoms with Crippen LogP contribution in [0.3, 0.4) is 0 Å². The van der Waals surface area contributed by atoms with Crippen molar-refractivity contribution >= 4 is 28.2 Å². The first-order valence-corrected chi connectivity index (χ1v) is 13.2. The van der Waals surface area contributed by atoms with Crippen molar-refractivity contribution in [2.45, 2.75) is 83.1 Å². The van der Waals surface area contributed by atoms with Crippen LogP contribution < -0.4 is 5.32 Å². The van der Waals surface area contributed by atoms with E-state index in [1.165, 1.54) is 55.4 Å². The molecule has 4 nitrogen and oxygen atoms in total. The molecule has 0 radical (unpaired) electrons. The standard InChI is InChI=1S/C25H32N2O2S/c28-23(27-13-14-5-6-18(27)10-14)21-19-3-1-2-4-20(19)30-22(21)26-24(29)25-11-15-7-16(12-25)9-17(25)8-15/h14-18H,1-13H2,(H,26,29). The van der Waals surface area contributed by atoms with E-state index in [0.717, 1.165) is 61.0 Å². The van der Waals surface area contributed by atoms with Crippen LogP contribution in [0, 0.1) is 29.1 Å². The number of anilines is 1. The monoisotopic (exact) mass is 424 g/mol. The Hall–Kier alpha value is -1.36. The van der Waals surface area contributed by atoms with Crippen LogP contribution in [-0.2, 0) is 17.6 Å². The number of aryl methyl sites for hydroxylation is 1. The number of carbonyl (C=O) groups excluding carboxylic acids is 2. The molecule has 160 valence electrons. The number of likely N-dealkylation sites (tertiary alicyclic amines) is 1. The van der Waals surface area contributed by atoms with Gasteiger partial charge in [0.25, 0.3) is 5.91 Å². The molecule has 5 heteroatoms. The molecule has 4 atom stereocenters. The molecule has 2 amide bonds. The number of piperidine rings is 1. The lowest BCUT2D eigenvalue weighted by Crippen LogP contribution is -2.40. The van der Waals surface area contributed by atoms with Gasteiger partial charge in [-0.05, 0) is 106 Å². The molecule has 4 unspecified atom stereocenters. The number of thiophene rings is 1. The summed E-state index contributed by atoms with van der Waals surface area (Å²) in [7, 11) is 0. The van der Waals surface area contributed by atoms with Crippen molar-refractivity contribution in [1.29, 1.82) is 0 Å². The van der Waals surface area contributed by atoms with Crippen LogP contribution in [0.4, 0.5) is 5.00 Å². The normalized spacial score (nSPS) is 40.3. The van der Waals surface area contributed by atoms with Gasteiger partial charge in [-0.1, -0.05) is 0 Å². The Morgan fingerprint density at radius 2 is 1.77 bits per heavy atom. The summed E-state index contributed by atoms with van der Waals surface area (Å²) in [5.41, 5.74) is 2.01. The van der Waals surface area contributed by atoms with Crippen LogP contribution in [0.25, 0.3) is 0 Å². The second-order valence-corrected chi connectivity index (χ2v) is 12.5. The van der Waals surface area contributed by atoms with Gasteiger partial charge in [-0.3, -0.25) is 9.59 Å². The first kappa shape index (κ1) is 18.2. The second-order valence-electron chi connectivity index (χ2n) is 11.4. The largest absolute Gasteiger partial charge is 0.335 e. The highest BCUT2D eigenvalue weighted by atomic mass is 32.1. The topological polar surface area (TPSA) is 49.4 Å². The van der Waals surface area contributed by atoms with Crippen molar-refractivity contribution in [1.82, 2.24) is 4.90 Å². The Morgan fingerprint density at radius 1 is 0.967 bits per heavy atom. The first-order valence-electron chi connectivity index (χ1n) is 12.4. The molecule has 2 heterocycles. The molecule has 1 aromatic heterocycles. The summed E-state index contributed by atoms with van der Waals surface area (Å²) in [6.07, 6.45) is 14.1. The average molecular weight is 425 g/mol. The van der Waals surface area contributed by atoms with Gasteiger partial charge in [-0.25, -0.2) is 0 Å². The fourth-order valence-corrected chi connectivity index (χ4v) is 9.87. The van der Waals surface area contributed by atoms with E-state index in [2.05, 4.69) is 10.2 Å². The van der Waals surface area contributed by atoms with Crippen molar-refractivity contribution < 1.29 is 9.59 Å². The van der Waals surface area contributed by atoms with Gasteiger partial charge >= 0.3 is 0 Å². The van der Waals surface area contributed by atoms with Crippen LogP contribution in [0.2, 0.25) is 0 Å². The molecule has 1 saturated heterocycles. The van der Waals surface area contributed by atoms with E-state index in [4.69, 9.17) is 0 Å². The maximum absolute atomic E-state index is 13.8. The maximum atomic E-state index is 13.8. The molecular weight excluding hydrogens is 392 g/mol. The molecule has 1 N–H and O–H groups in total. The second kappa shape index (κ2) is 6.34. The van der Waals surface area contributed by atoms with Crippen molar-refractivity contribution in [3.63, 3.8) is 0 Å². The van der Waals surface area contributed by atoms with Gasteiger partial charge in [0.15, 0.2) is 0 Å². The number of amides is 2. The Kier molecular flexibility index (Phi) is 3.85. The summed E-state index contributed by atoms with van der Waals surface area (Å²) in [4.78, 5) is 31.0. The number of hydrogen-bond acceptors (Lipinski definition) is 3. The van der Waals surface area contributed by atoms with E-state index < -0.39 is 0 Å². The number of fused-ring (bicyclic) bond motifs is 3. The highest BCUT2D eigenvalue weighted by Crippen LogP contribution is 2.65. The molecule has 6 aliphatic carbocycles. The predicted molar refractivity (Wildman–Crippen MR) is 118 cm³/mol. The lowest BCUT2D eigenvalue weighted by Gasteiger charge is -2.32. The lowest BCUT2D eigenvalue weighted by atomic mass is 9.75. The van der Waals surface area contributed by atoms with E-state index in [0.29, 0.717) is 17.9 Å². The quantitative estimate of drug-likeness (QED) is 0.741. The van der Waals surface area contributed by atoms with Crippen molar-refractivity contribution in [2.75, 3.05) is 11.9 Å². The summed E-state index contributed by atoms with van der Waals surface area (Å²) in [6, 6.07) is 0.435. The van der Waals surface area contributed by atoms with E-state index in [1.54, 1.807) is 11.3 Å². The summed E-state index contributed by atoms with van der Waals surface area (Å²) < 4.78 is 0. The van der Waals surface area contributed by atoms with E-state index in [-0.39, 0.29) is 17.2 Å². The molecule has 6 fully saturated rings. The van der Waals surface area contributed by atoms with Crippen molar-refractivity contribution in [3.8, 4) is 0 Å². The minimum Gasteiger partial charge on any atom is -0.335 e. The summed E-state index contributed by atoms with van der Waals surface area (Å²) >= 11 is 1.72. The molecule has 1 aromatic rings. The van der Waals surface area contributed by atoms with E-state index in [9.17, 15) is 9.59 Å². The van der Waals surface area contributed by atoms with Gasteiger partial charge in [0.1, 0.15) is 5.00 Å². The zero-order chi connectivity index (χ0) is 20.0. The Balaban J connectivity index is 1.22. The van der Waals surface area contributed by atoms with Crippen LogP contribution in [0.15, 0.2) is 0 Å². The van der Waals surface area contributed by atoms with E-state index in [1.807, 2.05) is 0 Å². The fraction of sp³-hybridized carbons (Fsp3) is 0.760. The van der Waals surface area contributed by atoms with Gasteiger partial charge in [0.05, 0.1) is 11.0 Å². The zero-order valence-corrected chi connectivity index (χ0v) is 18.6. The number of carbonyl (C=O) groups is 2. The first-order chi connectivity index (χ1) is 14.6. The molecule has 5 saturated carbocycles. The Labute approximate surface area is 182 Å². The zero-order valence-electron chi connectivity index (χ0n) is 17.8. The number of nitrogens with zero attached hydrogens (tertiary/aromatic N) is 1. The molecular formula is C25H32N2O2S. The highest BCUT2D eigenvalue weighted by Gasteiger charge is 2.61. The number of rotatable bonds is 3. The summed E-state index contributed by atoms with van der Waals surface area (Å²) in [6.45, 7) is 0.927. The number of hydrogen-bond donors (Lipinski definition) is 1. The summed E-state index contributed by atoms with van der Waals surface area (Å²) in [5, 5.41) is 4.28. The molecule has 30 heavy (non-hydrogen) atoms. The van der Waals surface area contributed by atoms with Gasteiger partial charge in [0.2, 0.25) is 5.91 Å². The third-order valence-electron chi connectivity index (χ3n) is 9.72. The number of nitrogens with one attached hydrogen (secondary N) is 1. The Morgan fingerprint density at radius 3 is 2.50 bits per heavy atom. The molecule has 1 aliphatic heterocycles. The third-order valence-corrected chi connectivity index (χ3v) is 10.9. The summed E-state index contributed by atoms with van der Waals surface area (Å²) in [5.74, 6) is 3.29. The molecule has 6 bridgehead atoms.